The zero-order valence-electron chi connectivity index (χ0n) is 13.1. The van der Waals surface area contributed by atoms with Crippen molar-refractivity contribution in [3.8, 4) is 0 Å². The number of nitro groups is 1. The molecule has 0 heterocycles. The molecule has 0 aliphatic rings. The van der Waals surface area contributed by atoms with Gasteiger partial charge in [-0.2, -0.15) is 5.10 Å². The Hall–Kier alpha value is -2.78. The van der Waals surface area contributed by atoms with E-state index in [4.69, 9.17) is 5.14 Å². The van der Waals surface area contributed by atoms with Crippen molar-refractivity contribution >= 4 is 27.1 Å². The summed E-state index contributed by atoms with van der Waals surface area (Å²) < 4.78 is 22.6. The summed E-state index contributed by atoms with van der Waals surface area (Å²) in [5.41, 5.74) is 4.80. The highest BCUT2D eigenvalue weighted by Gasteiger charge is 2.19. The van der Waals surface area contributed by atoms with Gasteiger partial charge in [-0.25, -0.2) is 13.6 Å². The minimum absolute atomic E-state index is 0.0698. The second-order valence-electron chi connectivity index (χ2n) is 5.11. The molecule has 0 bridgehead atoms. The molecule has 2 aromatic carbocycles. The zero-order valence-corrected chi connectivity index (χ0v) is 13.9. The fourth-order valence-electron chi connectivity index (χ4n) is 2.12. The summed E-state index contributed by atoms with van der Waals surface area (Å²) in [5, 5.41) is 20.3. The normalized spacial score (nSPS) is 12.0. The smallest absolute Gasteiger partial charge is 0.271 e. The average Bonchev–Trinajstić information content (AvgIpc) is 2.51. The maximum atomic E-state index is 11.3. The van der Waals surface area contributed by atoms with E-state index < -0.39 is 20.6 Å². The Morgan fingerprint density at radius 1 is 1.25 bits per heavy atom. The number of nitrogens with one attached hydrogen (secondary N) is 1. The lowest BCUT2D eigenvalue weighted by molar-refractivity contribution is -0.384. The van der Waals surface area contributed by atoms with E-state index in [2.05, 4.69) is 10.5 Å². The SMILES string of the molecule is C/C(=N/Nc1ccc(S(N)(=O)=O)cc1[N+](=O)[O-])c1ccccc1C. The summed E-state index contributed by atoms with van der Waals surface area (Å²) in [7, 11) is -4.02. The number of hydrogen-bond acceptors (Lipinski definition) is 6. The first-order chi connectivity index (χ1) is 11.2. The monoisotopic (exact) mass is 348 g/mol. The van der Waals surface area contributed by atoms with Crippen molar-refractivity contribution < 1.29 is 13.3 Å². The van der Waals surface area contributed by atoms with Crippen molar-refractivity contribution in [1.82, 2.24) is 0 Å². The van der Waals surface area contributed by atoms with Crippen LogP contribution >= 0.6 is 0 Å². The molecule has 24 heavy (non-hydrogen) atoms. The lowest BCUT2D eigenvalue weighted by Crippen LogP contribution is -2.12. The fourth-order valence-corrected chi connectivity index (χ4v) is 2.65. The Morgan fingerprint density at radius 3 is 2.50 bits per heavy atom. The van der Waals surface area contributed by atoms with Crippen molar-refractivity contribution in [1.29, 1.82) is 0 Å². The van der Waals surface area contributed by atoms with Gasteiger partial charge in [0.2, 0.25) is 10.0 Å². The van der Waals surface area contributed by atoms with Crippen molar-refractivity contribution in [2.75, 3.05) is 5.43 Å². The third-order valence-corrected chi connectivity index (χ3v) is 4.28. The van der Waals surface area contributed by atoms with Gasteiger partial charge in [0.15, 0.2) is 0 Å². The molecule has 0 aromatic heterocycles. The molecular weight excluding hydrogens is 332 g/mol. The average molecular weight is 348 g/mol. The number of sulfonamides is 1. The predicted octanol–water partition coefficient (Wildman–Crippen LogP) is 2.39. The lowest BCUT2D eigenvalue weighted by atomic mass is 10.1. The van der Waals surface area contributed by atoms with Gasteiger partial charge in [-0.05, 0) is 31.5 Å². The number of hydrogen-bond donors (Lipinski definition) is 2. The third kappa shape index (κ3) is 3.94. The standard InChI is InChI=1S/C15H16N4O4S/c1-10-5-3-4-6-13(10)11(2)17-18-14-8-7-12(24(16,22)23)9-15(14)19(20)21/h3-9,18H,1-2H3,(H2,16,22,23)/b17-11-. The molecule has 0 saturated heterocycles. The number of primary sulfonamides is 1. The molecule has 0 atom stereocenters. The third-order valence-electron chi connectivity index (χ3n) is 3.37. The number of hydrazone groups is 1. The summed E-state index contributed by atoms with van der Waals surface area (Å²) >= 11 is 0. The fraction of sp³-hybridized carbons (Fsp3) is 0.133. The van der Waals surface area contributed by atoms with E-state index in [0.717, 1.165) is 17.2 Å². The number of nitrogens with two attached hydrogens (primary N) is 1. The molecule has 8 nitrogen and oxygen atoms in total. The second kappa shape index (κ2) is 6.77. The molecule has 0 saturated carbocycles. The lowest BCUT2D eigenvalue weighted by Gasteiger charge is -2.07. The zero-order chi connectivity index (χ0) is 17.9. The van der Waals surface area contributed by atoms with Crippen LogP contribution in [0.3, 0.4) is 0 Å². The van der Waals surface area contributed by atoms with Crippen molar-refractivity contribution in [3.63, 3.8) is 0 Å². The van der Waals surface area contributed by atoms with Crippen molar-refractivity contribution in [2.45, 2.75) is 18.7 Å². The van der Waals surface area contributed by atoms with E-state index >= 15 is 0 Å². The minimum atomic E-state index is -4.02. The van der Waals surface area contributed by atoms with Crippen LogP contribution in [0.15, 0.2) is 52.5 Å². The molecule has 126 valence electrons. The topological polar surface area (TPSA) is 128 Å². The molecule has 0 radical (unpaired) electrons. The summed E-state index contributed by atoms with van der Waals surface area (Å²) in [6.45, 7) is 3.69. The minimum Gasteiger partial charge on any atom is -0.271 e. The van der Waals surface area contributed by atoms with Crippen LogP contribution in [0.2, 0.25) is 0 Å². The number of rotatable bonds is 5. The van der Waals surface area contributed by atoms with Gasteiger partial charge < -0.3 is 0 Å². The van der Waals surface area contributed by atoms with Gasteiger partial charge >= 0.3 is 0 Å². The number of benzene rings is 2. The Balaban J connectivity index is 2.38. The maximum absolute atomic E-state index is 11.3. The molecule has 0 unspecified atom stereocenters. The Morgan fingerprint density at radius 2 is 1.92 bits per heavy atom. The largest absolute Gasteiger partial charge is 0.295 e. The molecular formula is C15H16N4O4S. The van der Waals surface area contributed by atoms with Gasteiger partial charge in [0.05, 0.1) is 15.5 Å². The van der Waals surface area contributed by atoms with E-state index in [1.807, 2.05) is 31.2 Å². The molecule has 0 spiro atoms. The quantitative estimate of drug-likeness (QED) is 0.487. The van der Waals surface area contributed by atoms with Crippen LogP contribution in [0.1, 0.15) is 18.1 Å². The maximum Gasteiger partial charge on any atom is 0.295 e. The Kier molecular flexibility index (Phi) is 4.96. The molecule has 3 N–H and O–H groups in total. The van der Waals surface area contributed by atoms with Crippen LogP contribution < -0.4 is 10.6 Å². The van der Waals surface area contributed by atoms with Crippen LogP contribution in [0, 0.1) is 17.0 Å². The van der Waals surface area contributed by atoms with E-state index in [-0.39, 0.29) is 10.6 Å². The Bertz CT molecular complexity index is 923. The van der Waals surface area contributed by atoms with Gasteiger partial charge in [-0.15, -0.1) is 0 Å². The van der Waals surface area contributed by atoms with E-state index in [0.29, 0.717) is 5.71 Å². The molecule has 0 aliphatic heterocycles. The van der Waals surface area contributed by atoms with Gasteiger partial charge in [0.25, 0.3) is 5.69 Å². The molecule has 0 amide bonds. The highest BCUT2D eigenvalue weighted by molar-refractivity contribution is 7.89. The number of nitrogens with zero attached hydrogens (tertiary/aromatic N) is 2. The van der Waals surface area contributed by atoms with Gasteiger partial charge in [0.1, 0.15) is 5.69 Å². The van der Waals surface area contributed by atoms with Gasteiger partial charge in [-0.3, -0.25) is 15.5 Å². The van der Waals surface area contributed by atoms with Crippen LogP contribution in [0.25, 0.3) is 0 Å². The summed E-state index contributed by atoms with van der Waals surface area (Å²) in [4.78, 5) is 10.1. The Labute approximate surface area is 139 Å². The van der Waals surface area contributed by atoms with Crippen molar-refractivity contribution in [3.05, 3.63) is 63.7 Å². The van der Waals surface area contributed by atoms with Crippen LogP contribution in [0.5, 0.6) is 0 Å². The van der Waals surface area contributed by atoms with Gasteiger partial charge in [0, 0.05) is 11.6 Å². The first kappa shape index (κ1) is 17.6. The van der Waals surface area contributed by atoms with E-state index in [1.54, 1.807) is 6.92 Å². The molecule has 2 rings (SSSR count). The predicted molar refractivity (Wildman–Crippen MR) is 91.5 cm³/mol. The second-order valence-corrected chi connectivity index (χ2v) is 6.67. The number of aryl methyl sites for hydroxylation is 1. The first-order valence-corrected chi connectivity index (χ1v) is 8.42. The first-order valence-electron chi connectivity index (χ1n) is 6.87. The molecule has 9 heteroatoms. The van der Waals surface area contributed by atoms with Crippen LogP contribution in [0.4, 0.5) is 11.4 Å². The molecule has 2 aromatic rings. The van der Waals surface area contributed by atoms with Crippen molar-refractivity contribution in [2.24, 2.45) is 10.2 Å². The molecule has 0 fully saturated rings. The van der Waals surface area contributed by atoms with Gasteiger partial charge in [-0.1, -0.05) is 24.3 Å². The number of nitro benzene ring substituents is 1. The molecule has 0 aliphatic carbocycles. The van der Waals surface area contributed by atoms with E-state index in [1.165, 1.54) is 12.1 Å². The van der Waals surface area contributed by atoms with Crippen LogP contribution in [-0.2, 0) is 10.0 Å². The summed E-state index contributed by atoms with van der Waals surface area (Å²) in [5.74, 6) is 0. The highest BCUT2D eigenvalue weighted by Crippen LogP contribution is 2.27. The van der Waals surface area contributed by atoms with E-state index in [9.17, 15) is 18.5 Å². The summed E-state index contributed by atoms with van der Waals surface area (Å²) in [6.07, 6.45) is 0. The highest BCUT2D eigenvalue weighted by atomic mass is 32.2. The van der Waals surface area contributed by atoms with Crippen LogP contribution in [-0.4, -0.2) is 19.1 Å². The number of anilines is 1. The summed E-state index contributed by atoms with van der Waals surface area (Å²) in [6, 6.07) is 10.9.